The standard InChI is InChI=1S/C16H25ClO/c1-11(2)14-7-6-8-15(12(3)4)16(14)18-10-13(5)9-17/h6-8,11-13H,9-10H2,1-5H3. The Hall–Kier alpha value is -0.690. The van der Waals surface area contributed by atoms with Crippen LogP contribution in [0.1, 0.15) is 57.6 Å². The SMILES string of the molecule is CC(CCl)COc1c(C(C)C)cccc1C(C)C. The molecule has 0 amide bonds. The van der Waals surface area contributed by atoms with Crippen LogP contribution in [-0.2, 0) is 0 Å². The molecule has 0 bridgehead atoms. The van der Waals surface area contributed by atoms with E-state index in [1.54, 1.807) is 0 Å². The third kappa shape index (κ3) is 3.91. The number of hydrogen-bond donors (Lipinski definition) is 0. The lowest BCUT2D eigenvalue weighted by Gasteiger charge is -2.21. The van der Waals surface area contributed by atoms with E-state index in [2.05, 4.69) is 52.8 Å². The Morgan fingerprint density at radius 1 is 1.00 bits per heavy atom. The van der Waals surface area contributed by atoms with Crippen molar-refractivity contribution in [1.82, 2.24) is 0 Å². The van der Waals surface area contributed by atoms with Crippen LogP contribution in [0, 0.1) is 5.92 Å². The van der Waals surface area contributed by atoms with Gasteiger partial charge in [0.2, 0.25) is 0 Å². The predicted molar refractivity (Wildman–Crippen MR) is 80.0 cm³/mol. The van der Waals surface area contributed by atoms with Crippen LogP contribution in [0.5, 0.6) is 5.75 Å². The zero-order chi connectivity index (χ0) is 13.7. The molecule has 1 unspecified atom stereocenters. The molecule has 0 radical (unpaired) electrons. The molecule has 1 nitrogen and oxygen atoms in total. The molecule has 102 valence electrons. The Morgan fingerprint density at radius 3 is 1.89 bits per heavy atom. The van der Waals surface area contributed by atoms with Gasteiger partial charge in [-0.1, -0.05) is 52.8 Å². The third-order valence-corrected chi connectivity index (χ3v) is 3.62. The lowest BCUT2D eigenvalue weighted by molar-refractivity contribution is 0.266. The first kappa shape index (κ1) is 15.4. The molecule has 0 saturated carbocycles. The maximum atomic E-state index is 6.06. The number of hydrogen-bond acceptors (Lipinski definition) is 1. The van der Waals surface area contributed by atoms with Gasteiger partial charge in [-0.3, -0.25) is 0 Å². The van der Waals surface area contributed by atoms with Crippen LogP contribution in [0.15, 0.2) is 18.2 Å². The van der Waals surface area contributed by atoms with Gasteiger partial charge in [0.05, 0.1) is 6.61 Å². The molecule has 1 atom stereocenters. The van der Waals surface area contributed by atoms with Crippen LogP contribution in [0.3, 0.4) is 0 Å². The van der Waals surface area contributed by atoms with Crippen molar-refractivity contribution in [2.24, 2.45) is 5.92 Å². The molecular formula is C16H25ClO. The van der Waals surface area contributed by atoms with Gasteiger partial charge in [-0.2, -0.15) is 0 Å². The summed E-state index contributed by atoms with van der Waals surface area (Å²) in [6.45, 7) is 11.6. The third-order valence-electron chi connectivity index (χ3n) is 3.10. The topological polar surface area (TPSA) is 9.23 Å². The summed E-state index contributed by atoms with van der Waals surface area (Å²) in [5.41, 5.74) is 2.59. The minimum atomic E-state index is 0.381. The lowest BCUT2D eigenvalue weighted by atomic mass is 9.94. The largest absolute Gasteiger partial charge is 0.493 e. The molecule has 0 N–H and O–H groups in total. The molecule has 0 aromatic heterocycles. The van der Waals surface area contributed by atoms with Crippen LogP contribution >= 0.6 is 11.6 Å². The second-order valence-corrected chi connectivity index (χ2v) is 5.95. The zero-order valence-corrected chi connectivity index (χ0v) is 12.9. The van der Waals surface area contributed by atoms with E-state index in [-0.39, 0.29) is 0 Å². The van der Waals surface area contributed by atoms with Crippen LogP contribution in [0.25, 0.3) is 0 Å². The summed E-state index contributed by atoms with van der Waals surface area (Å²) < 4.78 is 6.06. The van der Waals surface area contributed by atoms with Gasteiger partial charge < -0.3 is 4.74 Å². The summed E-state index contributed by atoms with van der Waals surface area (Å²) in [4.78, 5) is 0. The second-order valence-electron chi connectivity index (χ2n) is 5.65. The first-order valence-electron chi connectivity index (χ1n) is 6.78. The lowest BCUT2D eigenvalue weighted by Crippen LogP contribution is -2.12. The predicted octanol–water partition coefficient (Wildman–Crippen LogP) is 5.19. The molecule has 2 heteroatoms. The zero-order valence-electron chi connectivity index (χ0n) is 12.2. The van der Waals surface area contributed by atoms with E-state index in [1.165, 1.54) is 11.1 Å². The number of para-hydroxylation sites is 1. The summed E-state index contributed by atoms with van der Waals surface area (Å²) in [7, 11) is 0. The fourth-order valence-corrected chi connectivity index (χ4v) is 2.01. The number of halogens is 1. The van der Waals surface area contributed by atoms with Crippen molar-refractivity contribution < 1.29 is 4.74 Å². The molecule has 18 heavy (non-hydrogen) atoms. The highest BCUT2D eigenvalue weighted by Crippen LogP contribution is 2.34. The number of rotatable bonds is 6. The highest BCUT2D eigenvalue weighted by atomic mass is 35.5. The van der Waals surface area contributed by atoms with Crippen molar-refractivity contribution in [2.45, 2.75) is 46.5 Å². The van der Waals surface area contributed by atoms with Gasteiger partial charge in [0.25, 0.3) is 0 Å². The summed E-state index contributed by atoms with van der Waals surface area (Å²) in [6, 6.07) is 6.46. The molecule has 0 aliphatic rings. The van der Waals surface area contributed by atoms with Crippen molar-refractivity contribution >= 4 is 11.6 Å². The highest BCUT2D eigenvalue weighted by molar-refractivity contribution is 6.18. The van der Waals surface area contributed by atoms with Crippen molar-refractivity contribution in [3.8, 4) is 5.75 Å². The van der Waals surface area contributed by atoms with E-state index in [1.807, 2.05) is 0 Å². The molecule has 0 saturated heterocycles. The van der Waals surface area contributed by atoms with Gasteiger partial charge in [0.1, 0.15) is 5.75 Å². The fraction of sp³-hybridized carbons (Fsp3) is 0.625. The quantitative estimate of drug-likeness (QED) is 0.646. The summed E-state index contributed by atoms with van der Waals surface area (Å²) in [6.07, 6.45) is 0. The first-order chi connectivity index (χ1) is 8.47. The Kier molecular flexibility index (Phi) is 6.01. The molecule has 1 rings (SSSR count). The molecular weight excluding hydrogens is 244 g/mol. The summed E-state index contributed by atoms with van der Waals surface area (Å²) >= 11 is 5.84. The maximum Gasteiger partial charge on any atom is 0.126 e. The van der Waals surface area contributed by atoms with E-state index < -0.39 is 0 Å². The summed E-state index contributed by atoms with van der Waals surface area (Å²) in [5.74, 6) is 3.04. The average molecular weight is 269 g/mol. The Morgan fingerprint density at radius 2 is 1.50 bits per heavy atom. The maximum absolute atomic E-state index is 6.06. The van der Waals surface area contributed by atoms with Crippen molar-refractivity contribution in [3.05, 3.63) is 29.3 Å². The molecule has 1 aromatic carbocycles. The highest BCUT2D eigenvalue weighted by Gasteiger charge is 2.15. The first-order valence-corrected chi connectivity index (χ1v) is 7.32. The van der Waals surface area contributed by atoms with E-state index in [9.17, 15) is 0 Å². The van der Waals surface area contributed by atoms with Gasteiger partial charge in [-0.25, -0.2) is 0 Å². The van der Waals surface area contributed by atoms with Gasteiger partial charge in [0, 0.05) is 11.8 Å². The Labute approximate surface area is 116 Å². The Bertz CT molecular complexity index is 345. The fourth-order valence-electron chi connectivity index (χ4n) is 1.92. The number of ether oxygens (including phenoxy) is 1. The van der Waals surface area contributed by atoms with E-state index in [4.69, 9.17) is 16.3 Å². The smallest absolute Gasteiger partial charge is 0.126 e. The molecule has 0 aliphatic carbocycles. The van der Waals surface area contributed by atoms with E-state index in [0.717, 1.165) is 5.75 Å². The minimum absolute atomic E-state index is 0.381. The second kappa shape index (κ2) is 7.04. The van der Waals surface area contributed by atoms with Crippen molar-refractivity contribution in [3.63, 3.8) is 0 Å². The number of benzene rings is 1. The van der Waals surface area contributed by atoms with Crippen LogP contribution in [-0.4, -0.2) is 12.5 Å². The molecule has 1 aromatic rings. The Balaban J connectivity index is 3.03. The normalized spacial score (nSPS) is 13.1. The van der Waals surface area contributed by atoms with Gasteiger partial charge in [0.15, 0.2) is 0 Å². The minimum Gasteiger partial charge on any atom is -0.493 e. The van der Waals surface area contributed by atoms with Crippen LogP contribution in [0.2, 0.25) is 0 Å². The van der Waals surface area contributed by atoms with Gasteiger partial charge in [-0.05, 0) is 23.0 Å². The van der Waals surface area contributed by atoms with Crippen molar-refractivity contribution in [1.29, 1.82) is 0 Å². The van der Waals surface area contributed by atoms with Crippen LogP contribution < -0.4 is 4.74 Å². The van der Waals surface area contributed by atoms with Gasteiger partial charge in [-0.15, -0.1) is 11.6 Å². The van der Waals surface area contributed by atoms with Gasteiger partial charge >= 0.3 is 0 Å². The molecule has 0 fully saturated rings. The van der Waals surface area contributed by atoms with E-state index in [0.29, 0.717) is 30.2 Å². The monoisotopic (exact) mass is 268 g/mol. The number of alkyl halides is 1. The molecule has 0 aliphatic heterocycles. The summed E-state index contributed by atoms with van der Waals surface area (Å²) in [5, 5.41) is 0. The van der Waals surface area contributed by atoms with Crippen molar-refractivity contribution in [2.75, 3.05) is 12.5 Å². The molecule has 0 heterocycles. The molecule has 0 spiro atoms. The average Bonchev–Trinajstić information content (AvgIpc) is 2.34. The van der Waals surface area contributed by atoms with Crippen LogP contribution in [0.4, 0.5) is 0 Å². The van der Waals surface area contributed by atoms with E-state index >= 15 is 0 Å².